The molecular weight excluding hydrogens is 212 g/mol. The summed E-state index contributed by atoms with van der Waals surface area (Å²) in [6, 6.07) is -0.00775. The summed E-state index contributed by atoms with van der Waals surface area (Å²) < 4.78 is 0. The van der Waals surface area contributed by atoms with E-state index in [-0.39, 0.29) is 11.9 Å². The molecule has 0 aliphatic carbocycles. The highest BCUT2D eigenvalue weighted by atomic mass is 16.2. The van der Waals surface area contributed by atoms with Crippen LogP contribution >= 0.6 is 0 Å². The number of hydrogen-bond donors (Lipinski definition) is 1. The van der Waals surface area contributed by atoms with Gasteiger partial charge in [0.15, 0.2) is 0 Å². The molecule has 0 rings (SSSR count). The summed E-state index contributed by atoms with van der Waals surface area (Å²) in [6.07, 6.45) is 5.90. The molecule has 0 bridgehead atoms. The predicted molar refractivity (Wildman–Crippen MR) is 74.1 cm³/mol. The highest BCUT2D eigenvalue weighted by Crippen LogP contribution is 2.07. The molecule has 102 valence electrons. The van der Waals surface area contributed by atoms with Gasteiger partial charge in [-0.3, -0.25) is 4.79 Å². The first-order valence-corrected chi connectivity index (χ1v) is 6.93. The van der Waals surface area contributed by atoms with Crippen LogP contribution in [0, 0.1) is 5.92 Å². The molecule has 0 spiro atoms. The Morgan fingerprint density at radius 2 is 1.82 bits per heavy atom. The number of nitrogens with zero attached hydrogens (tertiary/aromatic N) is 1. The molecule has 3 nitrogen and oxygen atoms in total. The molecule has 1 unspecified atom stereocenters. The van der Waals surface area contributed by atoms with E-state index >= 15 is 0 Å². The fraction of sp³-hybridized carbons (Fsp3) is 0.929. The minimum atomic E-state index is -0.00775. The van der Waals surface area contributed by atoms with Gasteiger partial charge in [-0.2, -0.15) is 0 Å². The minimum Gasteiger partial charge on any atom is -0.347 e. The maximum Gasteiger partial charge on any atom is 0.239 e. The van der Waals surface area contributed by atoms with Gasteiger partial charge in [0.05, 0.1) is 6.04 Å². The van der Waals surface area contributed by atoms with E-state index < -0.39 is 0 Å². The highest BCUT2D eigenvalue weighted by molar-refractivity contribution is 5.81. The van der Waals surface area contributed by atoms with Gasteiger partial charge in [-0.15, -0.1) is 0 Å². The van der Waals surface area contributed by atoms with Gasteiger partial charge in [-0.1, -0.05) is 40.0 Å². The smallest absolute Gasteiger partial charge is 0.239 e. The molecule has 1 amide bonds. The third-order valence-corrected chi connectivity index (χ3v) is 2.87. The predicted octanol–water partition coefficient (Wildman–Crippen LogP) is 2.66. The number of likely N-dealkylation sites (N-methyl/N-ethyl adjacent to an activating group) is 1. The third kappa shape index (κ3) is 8.19. The summed E-state index contributed by atoms with van der Waals surface area (Å²) in [4.78, 5) is 13.6. The number of amides is 1. The fourth-order valence-electron chi connectivity index (χ4n) is 1.88. The molecule has 1 N–H and O–H groups in total. The first-order valence-electron chi connectivity index (χ1n) is 6.93. The van der Waals surface area contributed by atoms with Crippen molar-refractivity contribution in [3.05, 3.63) is 0 Å². The number of nitrogens with one attached hydrogen (secondary N) is 1. The van der Waals surface area contributed by atoms with Gasteiger partial charge in [-0.25, -0.2) is 0 Å². The van der Waals surface area contributed by atoms with Crippen molar-refractivity contribution in [2.24, 2.45) is 5.92 Å². The summed E-state index contributed by atoms with van der Waals surface area (Å²) in [5.41, 5.74) is 0. The van der Waals surface area contributed by atoms with Crippen LogP contribution in [0.25, 0.3) is 0 Å². The van der Waals surface area contributed by atoms with E-state index in [0.29, 0.717) is 5.92 Å². The van der Waals surface area contributed by atoms with Gasteiger partial charge in [0, 0.05) is 14.1 Å². The van der Waals surface area contributed by atoms with E-state index in [1.807, 2.05) is 14.1 Å². The molecule has 0 aromatic carbocycles. The van der Waals surface area contributed by atoms with Crippen LogP contribution in [-0.2, 0) is 4.79 Å². The molecule has 0 radical (unpaired) electrons. The molecule has 3 heteroatoms. The Morgan fingerprint density at radius 1 is 1.18 bits per heavy atom. The molecule has 0 aromatic heterocycles. The van der Waals surface area contributed by atoms with Gasteiger partial charge in [0.1, 0.15) is 0 Å². The van der Waals surface area contributed by atoms with Crippen LogP contribution in [0.4, 0.5) is 0 Å². The van der Waals surface area contributed by atoms with E-state index in [1.54, 1.807) is 4.90 Å². The number of unbranched alkanes of at least 4 members (excludes halogenated alkanes) is 3. The zero-order valence-electron chi connectivity index (χ0n) is 12.3. The third-order valence-electron chi connectivity index (χ3n) is 2.87. The average molecular weight is 242 g/mol. The summed E-state index contributed by atoms with van der Waals surface area (Å²) >= 11 is 0. The fourth-order valence-corrected chi connectivity index (χ4v) is 1.88. The Labute approximate surface area is 107 Å². The molecule has 0 aliphatic rings. The lowest BCUT2D eigenvalue weighted by atomic mass is 10.0. The SMILES string of the molecule is CCCCCCNC(CC(C)C)C(=O)N(C)C. The molecule has 17 heavy (non-hydrogen) atoms. The van der Waals surface area contributed by atoms with Crippen LogP contribution in [0.2, 0.25) is 0 Å². The van der Waals surface area contributed by atoms with Crippen LogP contribution in [0.5, 0.6) is 0 Å². The second-order valence-electron chi connectivity index (χ2n) is 5.43. The topological polar surface area (TPSA) is 32.3 Å². The largest absolute Gasteiger partial charge is 0.347 e. The molecule has 0 heterocycles. The van der Waals surface area contributed by atoms with Crippen LogP contribution in [0.15, 0.2) is 0 Å². The minimum absolute atomic E-state index is 0.00775. The number of hydrogen-bond acceptors (Lipinski definition) is 2. The van der Waals surface area contributed by atoms with E-state index in [2.05, 4.69) is 26.1 Å². The zero-order valence-corrected chi connectivity index (χ0v) is 12.3. The van der Waals surface area contributed by atoms with E-state index in [1.165, 1.54) is 25.7 Å². The first-order chi connectivity index (χ1) is 7.99. The second kappa shape index (κ2) is 9.46. The van der Waals surface area contributed by atoms with Crippen molar-refractivity contribution < 1.29 is 4.79 Å². The Kier molecular flexibility index (Phi) is 9.14. The molecule has 0 aliphatic heterocycles. The van der Waals surface area contributed by atoms with Gasteiger partial charge < -0.3 is 10.2 Å². The molecule has 1 atom stereocenters. The van der Waals surface area contributed by atoms with Gasteiger partial charge in [-0.05, 0) is 25.3 Å². The summed E-state index contributed by atoms with van der Waals surface area (Å²) in [6.45, 7) is 7.49. The van der Waals surface area contributed by atoms with Crippen LogP contribution < -0.4 is 5.32 Å². The molecular formula is C14H30N2O. The van der Waals surface area contributed by atoms with E-state index in [9.17, 15) is 4.79 Å². The lowest BCUT2D eigenvalue weighted by Gasteiger charge is -2.23. The van der Waals surface area contributed by atoms with Crippen molar-refractivity contribution in [1.29, 1.82) is 0 Å². The van der Waals surface area contributed by atoms with Crippen molar-refractivity contribution in [3.63, 3.8) is 0 Å². The van der Waals surface area contributed by atoms with Gasteiger partial charge in [0.25, 0.3) is 0 Å². The normalized spacial score (nSPS) is 12.8. The van der Waals surface area contributed by atoms with Crippen molar-refractivity contribution in [1.82, 2.24) is 10.2 Å². The Hall–Kier alpha value is -0.570. The van der Waals surface area contributed by atoms with Gasteiger partial charge in [0.2, 0.25) is 5.91 Å². The first kappa shape index (κ1) is 16.4. The lowest BCUT2D eigenvalue weighted by molar-refractivity contribution is -0.131. The van der Waals surface area contributed by atoms with Crippen molar-refractivity contribution in [2.45, 2.75) is 58.9 Å². The summed E-state index contributed by atoms with van der Waals surface area (Å²) in [5, 5.41) is 3.40. The number of carbonyl (C=O) groups excluding carboxylic acids is 1. The van der Waals surface area contributed by atoms with Crippen molar-refractivity contribution in [3.8, 4) is 0 Å². The van der Waals surface area contributed by atoms with Crippen LogP contribution in [-0.4, -0.2) is 37.5 Å². The molecule has 0 fully saturated rings. The van der Waals surface area contributed by atoms with E-state index in [4.69, 9.17) is 0 Å². The molecule has 0 aromatic rings. The quantitative estimate of drug-likeness (QED) is 0.630. The number of rotatable bonds is 9. The lowest BCUT2D eigenvalue weighted by Crippen LogP contribution is -2.44. The maximum absolute atomic E-state index is 12.0. The Balaban J connectivity index is 3.98. The molecule has 0 saturated carbocycles. The van der Waals surface area contributed by atoms with Crippen LogP contribution in [0.3, 0.4) is 0 Å². The maximum atomic E-state index is 12.0. The highest BCUT2D eigenvalue weighted by Gasteiger charge is 2.20. The van der Waals surface area contributed by atoms with E-state index in [0.717, 1.165) is 13.0 Å². The van der Waals surface area contributed by atoms with Crippen LogP contribution in [0.1, 0.15) is 52.9 Å². The molecule has 0 saturated heterocycles. The second-order valence-corrected chi connectivity index (χ2v) is 5.43. The summed E-state index contributed by atoms with van der Waals surface area (Å²) in [5.74, 6) is 0.751. The Morgan fingerprint density at radius 3 is 2.29 bits per heavy atom. The standard InChI is InChI=1S/C14H30N2O/c1-6-7-8-9-10-15-13(11-12(2)3)14(17)16(4)5/h12-13,15H,6-11H2,1-5H3. The Bertz CT molecular complexity index is 202. The van der Waals surface area contributed by atoms with Gasteiger partial charge >= 0.3 is 0 Å². The number of carbonyl (C=O) groups is 1. The van der Waals surface area contributed by atoms with Crippen molar-refractivity contribution >= 4 is 5.91 Å². The monoisotopic (exact) mass is 242 g/mol. The van der Waals surface area contributed by atoms with Crippen molar-refractivity contribution in [2.75, 3.05) is 20.6 Å². The zero-order chi connectivity index (χ0) is 13.3. The average Bonchev–Trinajstić information content (AvgIpc) is 2.25. The summed E-state index contributed by atoms with van der Waals surface area (Å²) in [7, 11) is 3.66.